The average molecular weight is 1310 g/mol. The minimum Gasteiger partial charge on any atom is -0.504 e. The summed E-state index contributed by atoms with van der Waals surface area (Å²) in [7, 11) is 7.04. The van der Waals surface area contributed by atoms with Crippen LogP contribution in [0.4, 0.5) is 52.7 Å². The number of nitrogens with one attached hydrogen (secondary N) is 2. The summed E-state index contributed by atoms with van der Waals surface area (Å²) in [4.78, 5) is 35.2. The number of aromatic amines is 2. The highest BCUT2D eigenvalue weighted by Crippen LogP contribution is 2.38. The van der Waals surface area contributed by atoms with Crippen molar-refractivity contribution in [2.24, 2.45) is 0 Å². The van der Waals surface area contributed by atoms with Crippen molar-refractivity contribution in [3.05, 3.63) is 155 Å². The summed E-state index contributed by atoms with van der Waals surface area (Å²) in [6.45, 7) is -4.18. The zero-order valence-electron chi connectivity index (χ0n) is 44.2. The molecule has 456 valence electrons. The van der Waals surface area contributed by atoms with Crippen molar-refractivity contribution < 1.29 is 105 Å². The van der Waals surface area contributed by atoms with Gasteiger partial charge in [-0.25, -0.2) is 9.97 Å². The third-order valence-electron chi connectivity index (χ3n) is 10.6. The lowest BCUT2D eigenvalue weighted by Crippen LogP contribution is -2.19. The Hall–Kier alpha value is -8.15. The highest BCUT2D eigenvalue weighted by Gasteiger charge is 2.31. The summed E-state index contributed by atoms with van der Waals surface area (Å²) in [6, 6.07) is 25.7. The van der Waals surface area contributed by atoms with Gasteiger partial charge in [0.1, 0.15) is 30.0 Å². The minimum atomic E-state index is -4.44. The highest BCUT2D eigenvalue weighted by molar-refractivity contribution is 14.1. The molecule has 3 N–H and O–H groups in total. The molecule has 0 aliphatic carbocycles. The Morgan fingerprint density at radius 3 is 1.43 bits per heavy atom. The number of rotatable bonds is 17. The molecule has 4 aromatic heterocycles. The van der Waals surface area contributed by atoms with E-state index in [0.717, 1.165) is 33.1 Å². The zero-order valence-corrected chi connectivity index (χ0v) is 46.3. The van der Waals surface area contributed by atoms with Gasteiger partial charge in [-0.05, 0) is 108 Å². The third-order valence-corrected chi connectivity index (χ3v) is 11.5. The Morgan fingerprint density at radius 2 is 0.964 bits per heavy atom. The molecule has 28 heteroatoms. The number of H-pyrrole nitrogens is 2. The molecular weight excluding hydrogens is 1260 g/mol. The van der Waals surface area contributed by atoms with Gasteiger partial charge in [0.25, 0.3) is 0 Å². The van der Waals surface area contributed by atoms with Crippen LogP contribution in [0.15, 0.2) is 122 Å². The summed E-state index contributed by atoms with van der Waals surface area (Å²) in [6.07, 6.45) is -9.05. The van der Waals surface area contributed by atoms with Crippen molar-refractivity contribution in [1.82, 2.24) is 19.9 Å². The molecule has 8 aromatic rings. The molecule has 0 radical (unpaired) electrons. The first kappa shape index (κ1) is 70.1. The van der Waals surface area contributed by atoms with Gasteiger partial charge in [-0.15, -0.1) is 0 Å². The summed E-state index contributed by atoms with van der Waals surface area (Å²) in [5.74, 6) is 0.955. The molecule has 0 aliphatic rings. The van der Waals surface area contributed by atoms with Gasteiger partial charge >= 0.3 is 24.7 Å². The largest absolute Gasteiger partial charge is 0.504 e. The van der Waals surface area contributed by atoms with E-state index in [2.05, 4.69) is 24.7 Å². The fourth-order valence-electron chi connectivity index (χ4n) is 7.07. The second kappa shape index (κ2) is 32.6. The summed E-state index contributed by atoms with van der Waals surface area (Å²) >= 11 is 1.27. The van der Waals surface area contributed by atoms with Gasteiger partial charge in [0.15, 0.2) is 65.8 Å². The monoisotopic (exact) mass is 1310 g/mol. The van der Waals surface area contributed by atoms with Gasteiger partial charge in [0, 0.05) is 59.4 Å². The fourth-order valence-corrected chi connectivity index (χ4v) is 7.07. The first-order valence-corrected chi connectivity index (χ1v) is 25.1. The van der Waals surface area contributed by atoms with E-state index in [4.69, 9.17) is 38.3 Å². The number of phenolic OH excluding ortho intramolecular Hbond substituents is 1. The molecule has 0 saturated heterocycles. The van der Waals surface area contributed by atoms with E-state index in [-0.39, 0.29) is 53.2 Å². The minimum absolute atomic E-state index is 0. The maximum atomic E-state index is 12.5. The summed E-state index contributed by atoms with van der Waals surface area (Å²) < 4.78 is 182. The molecule has 0 aliphatic heterocycles. The van der Waals surface area contributed by atoms with E-state index in [1.54, 1.807) is 67.1 Å². The van der Waals surface area contributed by atoms with Crippen LogP contribution in [-0.2, 0) is 11.2 Å². The van der Waals surface area contributed by atoms with Gasteiger partial charge < -0.3 is 53.0 Å². The number of carbonyl (C=O) groups is 2. The number of benzene rings is 4. The van der Waals surface area contributed by atoms with Gasteiger partial charge in [-0.1, -0.05) is 42.2 Å². The molecule has 1 unspecified atom stereocenters. The van der Waals surface area contributed by atoms with Crippen LogP contribution in [0.3, 0.4) is 0 Å². The Balaban J connectivity index is 0.000000294. The number of alkyl halides is 13. The Bertz CT molecular complexity index is 3320. The van der Waals surface area contributed by atoms with Crippen LogP contribution in [0.5, 0.6) is 46.0 Å². The van der Waals surface area contributed by atoms with E-state index in [1.165, 1.54) is 88.5 Å². The number of fused-ring (bicyclic) bond motifs is 2. The lowest BCUT2D eigenvalue weighted by atomic mass is 10.0. The van der Waals surface area contributed by atoms with Gasteiger partial charge in [0.2, 0.25) is 0 Å². The van der Waals surface area contributed by atoms with Crippen LogP contribution in [0.1, 0.15) is 56.5 Å². The number of phenols is 1. The van der Waals surface area contributed by atoms with Crippen molar-refractivity contribution in [1.29, 1.82) is 0 Å². The first-order chi connectivity index (χ1) is 39.2. The highest BCUT2D eigenvalue weighted by atomic mass is 127. The topological polar surface area (TPSA) is 186 Å². The third kappa shape index (κ3) is 22.9. The molecule has 1 atom stereocenters. The molecule has 0 spiro atoms. The van der Waals surface area contributed by atoms with E-state index in [9.17, 15) is 62.3 Å². The molecule has 15 nitrogen and oxygen atoms in total. The number of hydrogen-bond donors (Lipinski definition) is 3. The lowest BCUT2D eigenvalue weighted by molar-refractivity contribution is -0.154. The maximum Gasteiger partial charge on any atom is 0.422 e. The molecular formula is C56H55F12IN4O11. The number of aromatic nitrogens is 4. The average Bonchev–Trinajstić information content (AvgIpc) is 2.92. The van der Waals surface area contributed by atoms with Gasteiger partial charge in [-0.2, -0.15) is 52.7 Å². The van der Waals surface area contributed by atoms with Gasteiger partial charge in [0.05, 0.1) is 32.9 Å². The molecule has 0 bridgehead atoms. The first-order valence-electron chi connectivity index (χ1n) is 23.6. The van der Waals surface area contributed by atoms with E-state index in [0.29, 0.717) is 41.5 Å². The van der Waals surface area contributed by atoms with Crippen molar-refractivity contribution in [2.75, 3.05) is 59.8 Å². The predicted molar refractivity (Wildman–Crippen MR) is 295 cm³/mol. The number of nitrogens with zero attached hydrogens (tertiary/aromatic N) is 2. The Labute approximate surface area is 486 Å². The zero-order chi connectivity index (χ0) is 61.5. The van der Waals surface area contributed by atoms with Crippen LogP contribution in [0.2, 0.25) is 0 Å². The molecule has 0 saturated carbocycles. The second-order valence-corrected chi connectivity index (χ2v) is 17.3. The van der Waals surface area contributed by atoms with Crippen molar-refractivity contribution in [3.63, 3.8) is 0 Å². The van der Waals surface area contributed by atoms with Crippen molar-refractivity contribution >= 4 is 57.2 Å². The summed E-state index contributed by atoms with van der Waals surface area (Å²) in [5.41, 5.74) is 5.41. The van der Waals surface area contributed by atoms with Crippen LogP contribution in [-0.4, -0.2) is 122 Å². The number of ether oxygens (including phenoxy) is 8. The number of carbonyl (C=O) groups excluding carboxylic acids is 2. The molecule has 4 aromatic carbocycles. The second-order valence-electron chi connectivity index (χ2n) is 16.6. The number of methoxy groups -OCH3 is 5. The lowest BCUT2D eigenvalue weighted by Gasteiger charge is -2.18. The van der Waals surface area contributed by atoms with Crippen LogP contribution < -0.4 is 33.2 Å². The van der Waals surface area contributed by atoms with E-state index in [1.807, 2.05) is 24.4 Å². The van der Waals surface area contributed by atoms with Crippen LogP contribution >= 0.6 is 22.6 Å². The van der Waals surface area contributed by atoms with Crippen LogP contribution in [0.25, 0.3) is 22.1 Å². The van der Waals surface area contributed by atoms with Crippen LogP contribution in [0, 0.1) is 0 Å². The molecule has 84 heavy (non-hydrogen) atoms. The fraction of sp³-hybridized carbons (Fsp3) is 0.286. The van der Waals surface area contributed by atoms with Crippen molar-refractivity contribution in [2.45, 2.75) is 44.7 Å². The normalized spacial score (nSPS) is 11.5. The van der Waals surface area contributed by atoms with E-state index < -0.39 is 55.1 Å². The Kier molecular flexibility index (Phi) is 27.2. The smallest absolute Gasteiger partial charge is 0.422 e. The molecule has 8 rings (SSSR count). The number of hydrogen-bond acceptors (Lipinski definition) is 13. The van der Waals surface area contributed by atoms with Crippen molar-refractivity contribution in [3.8, 4) is 46.0 Å². The predicted octanol–water partition coefficient (Wildman–Crippen LogP) is 14.6. The Morgan fingerprint density at radius 1 is 0.536 bits per heavy atom. The quantitative estimate of drug-likeness (QED) is 0.0339. The number of aromatic hydroxyl groups is 1. The maximum absolute atomic E-state index is 12.5. The number of aldehydes is 2. The summed E-state index contributed by atoms with van der Waals surface area (Å²) in [5, 5.41) is 11.0. The number of halogens is 13. The standard InChI is InChI=1S/C18H17F3N2O3.C17H15F3N2O2.C10H9F3O3.C8H8O3.C2H2F3I.CH4/c1-24-14-6-5-11(8-15(14)26-10-18(19,20)21)16(25-2)13-9-23-17-12(13)4-3-7-22-17;1-23-14-5-4-11(8-15(14)24-10-17(18,19)20)7-12-9-22-16-13(12)3-2-6-21-16;1-15-8-3-2-7(5-14)4-9(8)16-6-10(11,12)13;1-11-8-3-2-6(5-9)4-7(8)10;3-2(4,5)1-6;/h3-9,16H,10H2,1-2H3,(H,22,23);2-6,8-9H,7,10H2,1H3,(H,21,22);2-5H,6H2,1H3;2-5,10H,1H3;1H2;1H4. The number of pyridine rings is 2. The molecule has 0 amide bonds. The molecule has 0 fully saturated rings. The van der Waals surface area contributed by atoms with Gasteiger partial charge in [-0.3, -0.25) is 9.59 Å². The van der Waals surface area contributed by atoms with E-state index >= 15 is 0 Å². The SMILES string of the molecule is C.COc1ccc(C(OC)c2c[nH]c3ncccc23)cc1OCC(F)(F)F.COc1ccc(C=O)cc1O.COc1ccc(C=O)cc1OCC(F)(F)F.COc1ccc(Cc2c[nH]c3ncccc23)cc1OCC(F)(F)F.FC(F)(F)CI. The molecule has 4 heterocycles.